The number of nitrogens with one attached hydrogen (secondary N) is 2. The average molecular weight is 314 g/mol. The Morgan fingerprint density at radius 2 is 2.26 bits per heavy atom. The third kappa shape index (κ3) is 3.99. The van der Waals surface area contributed by atoms with Gasteiger partial charge in [-0.3, -0.25) is 9.59 Å². The van der Waals surface area contributed by atoms with Crippen LogP contribution in [0.3, 0.4) is 0 Å². The van der Waals surface area contributed by atoms with Gasteiger partial charge in [0.05, 0.1) is 6.10 Å². The number of aromatic amines is 1. The van der Waals surface area contributed by atoms with Gasteiger partial charge >= 0.3 is 0 Å². The SMILES string of the molecule is Cc1cc2ccc(CCC(=O)NCC3CCCO3)cc2[nH]c1=O. The van der Waals surface area contributed by atoms with Crippen LogP contribution >= 0.6 is 0 Å². The molecule has 0 saturated carbocycles. The summed E-state index contributed by atoms with van der Waals surface area (Å²) in [6.45, 7) is 3.20. The summed E-state index contributed by atoms with van der Waals surface area (Å²) in [6, 6.07) is 7.82. The number of pyridine rings is 1. The lowest BCUT2D eigenvalue weighted by atomic mass is 10.1. The molecule has 0 aliphatic carbocycles. The topological polar surface area (TPSA) is 71.2 Å². The van der Waals surface area contributed by atoms with Gasteiger partial charge in [-0.2, -0.15) is 0 Å². The Labute approximate surface area is 135 Å². The van der Waals surface area contributed by atoms with Gasteiger partial charge in [0.2, 0.25) is 5.91 Å². The first-order chi connectivity index (χ1) is 11.1. The van der Waals surface area contributed by atoms with E-state index in [1.165, 1.54) is 0 Å². The van der Waals surface area contributed by atoms with Gasteiger partial charge < -0.3 is 15.0 Å². The Kier molecular flexibility index (Phi) is 4.76. The predicted molar refractivity (Wildman–Crippen MR) is 89.6 cm³/mol. The minimum atomic E-state index is -0.0658. The number of benzene rings is 1. The second kappa shape index (κ2) is 6.96. The summed E-state index contributed by atoms with van der Waals surface area (Å²) in [5, 5.41) is 3.93. The van der Waals surface area contributed by atoms with Gasteiger partial charge in [0.15, 0.2) is 0 Å². The van der Waals surface area contributed by atoms with Crippen molar-refractivity contribution in [3.05, 3.63) is 45.7 Å². The van der Waals surface area contributed by atoms with Crippen molar-refractivity contribution in [1.82, 2.24) is 10.3 Å². The third-order valence-corrected chi connectivity index (χ3v) is 4.29. The van der Waals surface area contributed by atoms with Crippen molar-refractivity contribution in [3.63, 3.8) is 0 Å². The molecule has 3 rings (SSSR count). The number of hydrogen-bond donors (Lipinski definition) is 2. The highest BCUT2D eigenvalue weighted by atomic mass is 16.5. The first-order valence-electron chi connectivity index (χ1n) is 8.13. The molecule has 2 heterocycles. The summed E-state index contributed by atoms with van der Waals surface area (Å²) in [5.74, 6) is 0.0398. The Bertz CT molecular complexity index is 760. The highest BCUT2D eigenvalue weighted by molar-refractivity contribution is 5.80. The molecule has 1 aromatic heterocycles. The van der Waals surface area contributed by atoms with Crippen LogP contribution in [0, 0.1) is 6.92 Å². The van der Waals surface area contributed by atoms with Gasteiger partial charge in [0.25, 0.3) is 5.56 Å². The van der Waals surface area contributed by atoms with E-state index >= 15 is 0 Å². The monoisotopic (exact) mass is 314 g/mol. The van der Waals surface area contributed by atoms with Gasteiger partial charge in [-0.15, -0.1) is 0 Å². The summed E-state index contributed by atoms with van der Waals surface area (Å²) < 4.78 is 5.49. The molecule has 23 heavy (non-hydrogen) atoms. The van der Waals surface area contributed by atoms with E-state index in [1.807, 2.05) is 24.3 Å². The maximum absolute atomic E-state index is 11.9. The van der Waals surface area contributed by atoms with Crippen molar-refractivity contribution in [2.75, 3.05) is 13.2 Å². The molecule has 0 bridgehead atoms. The van der Waals surface area contributed by atoms with E-state index in [4.69, 9.17) is 4.74 Å². The van der Waals surface area contributed by atoms with Crippen LogP contribution in [0.2, 0.25) is 0 Å². The standard InChI is InChI=1S/C18H22N2O3/c1-12-9-14-6-4-13(10-16(14)20-18(12)22)5-7-17(21)19-11-15-3-2-8-23-15/h4,6,9-10,15H,2-3,5,7-8,11H2,1H3,(H,19,21)(H,20,22). The second-order valence-corrected chi connectivity index (χ2v) is 6.14. The molecule has 2 aromatic rings. The van der Waals surface area contributed by atoms with Gasteiger partial charge in [-0.1, -0.05) is 12.1 Å². The molecule has 2 N–H and O–H groups in total. The summed E-state index contributed by atoms with van der Waals surface area (Å²) >= 11 is 0. The minimum Gasteiger partial charge on any atom is -0.376 e. The van der Waals surface area contributed by atoms with E-state index in [2.05, 4.69) is 10.3 Å². The van der Waals surface area contributed by atoms with Crippen molar-refractivity contribution in [2.45, 2.75) is 38.7 Å². The fourth-order valence-corrected chi connectivity index (χ4v) is 2.89. The number of aromatic nitrogens is 1. The second-order valence-electron chi connectivity index (χ2n) is 6.14. The van der Waals surface area contributed by atoms with Crippen molar-refractivity contribution < 1.29 is 9.53 Å². The number of hydrogen-bond acceptors (Lipinski definition) is 3. The van der Waals surface area contributed by atoms with Crippen molar-refractivity contribution in [3.8, 4) is 0 Å². The van der Waals surface area contributed by atoms with Crippen LogP contribution in [-0.2, 0) is 16.0 Å². The van der Waals surface area contributed by atoms with Crippen LogP contribution in [0.1, 0.15) is 30.4 Å². The third-order valence-electron chi connectivity index (χ3n) is 4.29. The summed E-state index contributed by atoms with van der Waals surface area (Å²) in [5.41, 5.74) is 2.50. The van der Waals surface area contributed by atoms with Crippen molar-refractivity contribution >= 4 is 16.8 Å². The molecule has 1 saturated heterocycles. The highest BCUT2D eigenvalue weighted by Crippen LogP contribution is 2.15. The molecule has 1 amide bonds. The molecule has 5 heteroatoms. The zero-order valence-corrected chi connectivity index (χ0v) is 13.4. The van der Waals surface area contributed by atoms with Crippen LogP contribution in [-0.4, -0.2) is 30.1 Å². The zero-order valence-electron chi connectivity index (χ0n) is 13.4. The first kappa shape index (κ1) is 15.7. The number of carbonyl (C=O) groups excluding carboxylic acids is 1. The Hall–Kier alpha value is -2.14. The van der Waals surface area contributed by atoms with E-state index in [0.29, 0.717) is 24.9 Å². The lowest BCUT2D eigenvalue weighted by Crippen LogP contribution is -2.31. The van der Waals surface area contributed by atoms with Crippen LogP contribution in [0.25, 0.3) is 10.9 Å². The molecule has 0 spiro atoms. The number of H-pyrrole nitrogens is 1. The van der Waals surface area contributed by atoms with Crippen molar-refractivity contribution in [2.24, 2.45) is 0 Å². The molecule has 0 radical (unpaired) electrons. The molecule has 1 aromatic carbocycles. The molecule has 122 valence electrons. The summed E-state index contributed by atoms with van der Waals surface area (Å²) in [4.78, 5) is 26.5. The first-order valence-corrected chi connectivity index (χ1v) is 8.13. The summed E-state index contributed by atoms with van der Waals surface area (Å²) in [6.07, 6.45) is 3.37. The number of rotatable bonds is 5. The fourth-order valence-electron chi connectivity index (χ4n) is 2.89. The number of ether oxygens (including phenoxy) is 1. The van der Waals surface area contributed by atoms with Gasteiger partial charge in [-0.05, 0) is 49.3 Å². The Morgan fingerprint density at radius 3 is 3.04 bits per heavy atom. The molecular formula is C18H22N2O3. The lowest BCUT2D eigenvalue weighted by molar-refractivity contribution is -0.121. The van der Waals surface area contributed by atoms with Gasteiger partial charge in [0.1, 0.15) is 0 Å². The van der Waals surface area contributed by atoms with Crippen LogP contribution in [0.5, 0.6) is 0 Å². The quantitative estimate of drug-likeness (QED) is 0.887. The Morgan fingerprint density at radius 1 is 1.39 bits per heavy atom. The molecule has 5 nitrogen and oxygen atoms in total. The lowest BCUT2D eigenvalue weighted by Gasteiger charge is -2.10. The maximum atomic E-state index is 11.9. The zero-order chi connectivity index (χ0) is 16.2. The molecule has 1 unspecified atom stereocenters. The molecule has 1 atom stereocenters. The van der Waals surface area contributed by atoms with Crippen LogP contribution in [0.4, 0.5) is 0 Å². The smallest absolute Gasteiger partial charge is 0.251 e. The van der Waals surface area contributed by atoms with E-state index in [0.717, 1.165) is 35.9 Å². The van der Waals surface area contributed by atoms with Crippen LogP contribution in [0.15, 0.2) is 29.1 Å². The largest absolute Gasteiger partial charge is 0.376 e. The Balaban J connectivity index is 1.57. The fraction of sp³-hybridized carbons (Fsp3) is 0.444. The highest BCUT2D eigenvalue weighted by Gasteiger charge is 2.16. The van der Waals surface area contributed by atoms with Crippen LogP contribution < -0.4 is 10.9 Å². The molecule has 1 fully saturated rings. The molecular weight excluding hydrogens is 292 g/mol. The van der Waals surface area contributed by atoms with E-state index in [-0.39, 0.29) is 17.6 Å². The number of fused-ring (bicyclic) bond motifs is 1. The van der Waals surface area contributed by atoms with E-state index in [9.17, 15) is 9.59 Å². The average Bonchev–Trinajstić information content (AvgIpc) is 3.05. The van der Waals surface area contributed by atoms with E-state index < -0.39 is 0 Å². The van der Waals surface area contributed by atoms with Gasteiger partial charge in [-0.25, -0.2) is 0 Å². The van der Waals surface area contributed by atoms with E-state index in [1.54, 1.807) is 6.92 Å². The summed E-state index contributed by atoms with van der Waals surface area (Å²) in [7, 11) is 0. The normalized spacial score (nSPS) is 17.5. The predicted octanol–water partition coefficient (Wildman–Crippen LogP) is 2.06. The van der Waals surface area contributed by atoms with Gasteiger partial charge in [0, 0.05) is 30.7 Å². The molecule has 1 aliphatic heterocycles. The maximum Gasteiger partial charge on any atom is 0.251 e. The molecule has 1 aliphatic rings. The minimum absolute atomic E-state index is 0.0398. The number of carbonyl (C=O) groups is 1. The number of aryl methyl sites for hydroxylation is 2. The van der Waals surface area contributed by atoms with Crippen molar-refractivity contribution in [1.29, 1.82) is 0 Å². The number of amides is 1.